The molecule has 1 aliphatic heterocycles. The number of carbonyl (C=O) groups is 1. The van der Waals surface area contributed by atoms with Crippen LogP contribution in [0.4, 0.5) is 11.4 Å². The molecule has 5 heteroatoms. The van der Waals surface area contributed by atoms with Crippen LogP contribution in [-0.4, -0.2) is 12.0 Å². The van der Waals surface area contributed by atoms with Gasteiger partial charge in [0.25, 0.3) is 5.91 Å². The van der Waals surface area contributed by atoms with E-state index in [0.717, 1.165) is 5.56 Å². The summed E-state index contributed by atoms with van der Waals surface area (Å²) in [5, 5.41) is 0.651. The van der Waals surface area contributed by atoms with E-state index >= 15 is 0 Å². The molecular weight excluding hydrogens is 300 g/mol. The van der Waals surface area contributed by atoms with E-state index in [9.17, 15) is 4.79 Å². The summed E-state index contributed by atoms with van der Waals surface area (Å²) >= 11 is 6.03. The number of halogens is 1. The summed E-state index contributed by atoms with van der Waals surface area (Å²) in [5.74, 6) is 0.628. The number of rotatable bonds is 3. The van der Waals surface area contributed by atoms with Gasteiger partial charge in [0.05, 0.1) is 12.2 Å². The van der Waals surface area contributed by atoms with Gasteiger partial charge in [-0.3, -0.25) is 4.79 Å². The number of nitrogens with zero attached hydrogens (tertiary/aromatic N) is 1. The first-order valence-electron chi connectivity index (χ1n) is 7.20. The smallest absolute Gasteiger partial charge is 0.268 e. The average molecular weight is 317 g/mol. The average Bonchev–Trinajstić information content (AvgIpc) is 2.50. The minimum atomic E-state index is -0.463. The highest BCUT2D eigenvalue weighted by Gasteiger charge is 2.33. The van der Waals surface area contributed by atoms with Crippen molar-refractivity contribution in [3.8, 4) is 5.75 Å². The van der Waals surface area contributed by atoms with Crippen LogP contribution in [0.2, 0.25) is 5.02 Å². The predicted molar refractivity (Wildman–Crippen MR) is 88.2 cm³/mol. The van der Waals surface area contributed by atoms with Crippen molar-refractivity contribution in [2.24, 2.45) is 0 Å². The number of nitrogens with two attached hydrogens (primary N) is 1. The van der Waals surface area contributed by atoms with E-state index in [1.165, 1.54) is 0 Å². The van der Waals surface area contributed by atoms with Crippen LogP contribution in [0.3, 0.4) is 0 Å². The van der Waals surface area contributed by atoms with Crippen LogP contribution in [0.25, 0.3) is 0 Å². The fraction of sp³-hybridized carbons (Fsp3) is 0.235. The molecule has 114 valence electrons. The molecule has 0 spiro atoms. The Balaban J connectivity index is 2.00. The number of hydrogen-bond donors (Lipinski definition) is 1. The fourth-order valence-corrected chi connectivity index (χ4v) is 2.79. The third-order valence-corrected chi connectivity index (χ3v) is 3.92. The Morgan fingerprint density at radius 3 is 2.82 bits per heavy atom. The number of anilines is 2. The van der Waals surface area contributed by atoms with E-state index in [1.54, 1.807) is 17.0 Å². The molecule has 1 aliphatic rings. The van der Waals surface area contributed by atoms with Crippen LogP contribution in [-0.2, 0) is 11.3 Å². The maximum Gasteiger partial charge on any atom is 0.268 e. The maximum atomic E-state index is 12.6. The molecule has 0 aromatic heterocycles. The van der Waals surface area contributed by atoms with E-state index < -0.39 is 6.10 Å². The monoisotopic (exact) mass is 316 g/mol. The third-order valence-electron chi connectivity index (χ3n) is 3.68. The second kappa shape index (κ2) is 5.89. The second-order valence-electron chi connectivity index (χ2n) is 5.30. The van der Waals surface area contributed by atoms with Gasteiger partial charge in [0.2, 0.25) is 0 Å². The summed E-state index contributed by atoms with van der Waals surface area (Å²) in [5.41, 5.74) is 8.13. The largest absolute Gasteiger partial charge is 0.478 e. The summed E-state index contributed by atoms with van der Waals surface area (Å²) in [6, 6.07) is 12.8. The van der Waals surface area contributed by atoms with Crippen molar-refractivity contribution in [3.05, 3.63) is 53.1 Å². The number of carbonyl (C=O) groups excluding carboxylic acids is 1. The van der Waals surface area contributed by atoms with Crippen molar-refractivity contribution in [3.63, 3.8) is 0 Å². The van der Waals surface area contributed by atoms with Gasteiger partial charge in [0, 0.05) is 10.7 Å². The zero-order chi connectivity index (χ0) is 15.7. The number of amides is 1. The van der Waals surface area contributed by atoms with Crippen molar-refractivity contribution < 1.29 is 9.53 Å². The Bertz CT molecular complexity index is 718. The van der Waals surface area contributed by atoms with Crippen LogP contribution >= 0.6 is 11.6 Å². The van der Waals surface area contributed by atoms with Gasteiger partial charge in [-0.05, 0) is 42.3 Å². The Hall–Kier alpha value is -2.20. The summed E-state index contributed by atoms with van der Waals surface area (Å²) in [4.78, 5) is 14.4. The fourth-order valence-electron chi connectivity index (χ4n) is 2.58. The lowest BCUT2D eigenvalue weighted by atomic mass is 10.1. The number of ether oxygens (including phenoxy) is 1. The molecule has 1 heterocycles. The molecule has 0 saturated heterocycles. The summed E-state index contributed by atoms with van der Waals surface area (Å²) < 4.78 is 5.77. The summed E-state index contributed by atoms with van der Waals surface area (Å²) in [6.45, 7) is 2.37. The van der Waals surface area contributed by atoms with Crippen LogP contribution < -0.4 is 15.4 Å². The lowest BCUT2D eigenvalue weighted by Gasteiger charge is -2.34. The first-order chi connectivity index (χ1) is 10.6. The molecule has 1 atom stereocenters. The van der Waals surface area contributed by atoms with Crippen molar-refractivity contribution in [2.75, 3.05) is 10.6 Å². The van der Waals surface area contributed by atoms with Gasteiger partial charge in [-0.2, -0.15) is 0 Å². The van der Waals surface area contributed by atoms with Gasteiger partial charge >= 0.3 is 0 Å². The molecule has 4 nitrogen and oxygen atoms in total. The van der Waals surface area contributed by atoms with E-state index in [1.807, 2.05) is 37.3 Å². The molecular formula is C17H17ClN2O2. The van der Waals surface area contributed by atoms with Crippen molar-refractivity contribution in [1.82, 2.24) is 0 Å². The highest BCUT2D eigenvalue weighted by atomic mass is 35.5. The minimum Gasteiger partial charge on any atom is -0.478 e. The van der Waals surface area contributed by atoms with Crippen molar-refractivity contribution >= 4 is 28.9 Å². The van der Waals surface area contributed by atoms with E-state index in [-0.39, 0.29) is 5.91 Å². The molecule has 2 aromatic rings. The van der Waals surface area contributed by atoms with E-state index in [4.69, 9.17) is 22.1 Å². The standard InChI is InChI=1S/C17H17ClN2O2/c1-2-15-17(21)20(10-11-4-3-5-12(18)8-11)14-9-13(19)6-7-16(14)22-15/h3-9,15H,2,10,19H2,1H3. The molecule has 3 rings (SSSR count). The lowest BCUT2D eigenvalue weighted by molar-refractivity contribution is -0.126. The SMILES string of the molecule is CCC1Oc2ccc(N)cc2N(Cc2cccc(Cl)c2)C1=O. The summed E-state index contributed by atoms with van der Waals surface area (Å²) in [7, 11) is 0. The van der Waals surface area contributed by atoms with E-state index in [2.05, 4.69) is 0 Å². The van der Waals surface area contributed by atoms with Crippen LogP contribution in [0.15, 0.2) is 42.5 Å². The topological polar surface area (TPSA) is 55.6 Å². The quantitative estimate of drug-likeness (QED) is 0.880. The highest BCUT2D eigenvalue weighted by molar-refractivity contribution is 6.30. The lowest BCUT2D eigenvalue weighted by Crippen LogP contribution is -2.45. The van der Waals surface area contributed by atoms with Gasteiger partial charge in [-0.25, -0.2) is 0 Å². The normalized spacial score (nSPS) is 17.1. The highest BCUT2D eigenvalue weighted by Crippen LogP contribution is 2.37. The number of fused-ring (bicyclic) bond motifs is 1. The predicted octanol–water partition coefficient (Wildman–Crippen LogP) is 3.63. The molecule has 22 heavy (non-hydrogen) atoms. The summed E-state index contributed by atoms with van der Waals surface area (Å²) in [6.07, 6.45) is 0.157. The van der Waals surface area contributed by atoms with Crippen molar-refractivity contribution in [2.45, 2.75) is 26.0 Å². The Morgan fingerprint density at radius 1 is 1.27 bits per heavy atom. The minimum absolute atomic E-state index is 0.0550. The zero-order valence-corrected chi connectivity index (χ0v) is 13.0. The second-order valence-corrected chi connectivity index (χ2v) is 5.73. The maximum absolute atomic E-state index is 12.6. The molecule has 1 unspecified atom stereocenters. The Morgan fingerprint density at radius 2 is 2.09 bits per heavy atom. The van der Waals surface area contributed by atoms with Crippen molar-refractivity contribution in [1.29, 1.82) is 0 Å². The molecule has 0 aliphatic carbocycles. The van der Waals surface area contributed by atoms with Gasteiger partial charge in [-0.15, -0.1) is 0 Å². The number of hydrogen-bond acceptors (Lipinski definition) is 3. The van der Waals surface area contributed by atoms with Crippen LogP contribution in [0.5, 0.6) is 5.75 Å². The molecule has 0 bridgehead atoms. The first kappa shape index (κ1) is 14.7. The van der Waals surface area contributed by atoms with Gasteiger partial charge in [0.15, 0.2) is 6.10 Å². The molecule has 0 radical (unpaired) electrons. The molecule has 2 N–H and O–H groups in total. The Labute approximate surface area is 134 Å². The number of nitrogen functional groups attached to an aromatic ring is 1. The zero-order valence-electron chi connectivity index (χ0n) is 12.3. The molecule has 2 aromatic carbocycles. The molecule has 0 fully saturated rings. The van der Waals surface area contributed by atoms with Gasteiger partial charge < -0.3 is 15.4 Å². The van der Waals surface area contributed by atoms with Crippen LogP contribution in [0.1, 0.15) is 18.9 Å². The first-order valence-corrected chi connectivity index (χ1v) is 7.58. The molecule has 1 amide bonds. The Kier molecular flexibility index (Phi) is 3.94. The van der Waals surface area contributed by atoms with E-state index in [0.29, 0.717) is 35.1 Å². The number of benzene rings is 2. The van der Waals surface area contributed by atoms with Crippen LogP contribution in [0, 0.1) is 0 Å². The molecule has 0 saturated carbocycles. The van der Waals surface area contributed by atoms with Gasteiger partial charge in [0.1, 0.15) is 5.75 Å². The third kappa shape index (κ3) is 2.74. The van der Waals surface area contributed by atoms with Gasteiger partial charge in [-0.1, -0.05) is 30.7 Å².